The second-order valence-electron chi connectivity index (χ2n) is 4.35. The van der Waals surface area contributed by atoms with E-state index >= 15 is 0 Å². The van der Waals surface area contributed by atoms with Crippen molar-refractivity contribution in [3.63, 3.8) is 0 Å². The van der Waals surface area contributed by atoms with Gasteiger partial charge in [-0.1, -0.05) is 30.3 Å². The van der Waals surface area contributed by atoms with E-state index in [-0.39, 0.29) is 11.6 Å². The number of hydrogen-bond donors (Lipinski definition) is 0. The van der Waals surface area contributed by atoms with Gasteiger partial charge < -0.3 is 0 Å². The SMILES string of the molecule is O=C1Cc2ccccc2C(=O)C1c1ccccn1. The molecular formula is C15H11NO2. The van der Waals surface area contributed by atoms with E-state index in [9.17, 15) is 9.59 Å². The summed E-state index contributed by atoms with van der Waals surface area (Å²) >= 11 is 0. The van der Waals surface area contributed by atoms with Crippen molar-refractivity contribution in [3.05, 3.63) is 65.5 Å². The minimum atomic E-state index is -0.735. The predicted octanol–water partition coefficient (Wildman–Crippen LogP) is 2.17. The lowest BCUT2D eigenvalue weighted by Crippen LogP contribution is -2.30. The van der Waals surface area contributed by atoms with E-state index in [4.69, 9.17) is 0 Å². The Labute approximate surface area is 104 Å². The van der Waals surface area contributed by atoms with Crippen molar-refractivity contribution < 1.29 is 9.59 Å². The third-order valence-electron chi connectivity index (χ3n) is 3.22. The summed E-state index contributed by atoms with van der Waals surface area (Å²) in [5.41, 5.74) is 2.01. The molecule has 3 nitrogen and oxygen atoms in total. The quantitative estimate of drug-likeness (QED) is 0.714. The van der Waals surface area contributed by atoms with Crippen LogP contribution in [0.25, 0.3) is 0 Å². The molecule has 0 radical (unpaired) electrons. The molecule has 0 fully saturated rings. The number of ketones is 2. The van der Waals surface area contributed by atoms with Gasteiger partial charge in [-0.2, -0.15) is 0 Å². The standard InChI is InChI=1S/C15H11NO2/c17-13-9-10-5-1-2-6-11(10)15(18)14(13)12-7-3-4-8-16-12/h1-8,14H,9H2. The van der Waals surface area contributed by atoms with Gasteiger partial charge in [0.15, 0.2) is 11.6 Å². The molecule has 0 bridgehead atoms. The Hall–Kier alpha value is -2.29. The number of nitrogens with zero attached hydrogens (tertiary/aromatic N) is 1. The molecule has 0 N–H and O–H groups in total. The number of fused-ring (bicyclic) bond motifs is 1. The molecule has 1 aromatic carbocycles. The molecular weight excluding hydrogens is 226 g/mol. The van der Waals surface area contributed by atoms with Gasteiger partial charge in [0.2, 0.25) is 0 Å². The number of benzene rings is 1. The van der Waals surface area contributed by atoms with Gasteiger partial charge in [0.25, 0.3) is 0 Å². The molecule has 3 heteroatoms. The number of Topliss-reactive ketones (excluding diaryl/α,β-unsaturated/α-hetero) is 2. The van der Waals surface area contributed by atoms with Crippen LogP contribution in [0.2, 0.25) is 0 Å². The van der Waals surface area contributed by atoms with Gasteiger partial charge in [-0.05, 0) is 17.7 Å². The number of aromatic nitrogens is 1. The summed E-state index contributed by atoms with van der Waals surface area (Å²) in [5.74, 6) is -0.945. The Morgan fingerprint density at radius 2 is 1.78 bits per heavy atom. The van der Waals surface area contributed by atoms with Crippen LogP contribution < -0.4 is 0 Å². The van der Waals surface area contributed by atoms with Crippen molar-refractivity contribution in [3.8, 4) is 0 Å². The average molecular weight is 237 g/mol. The van der Waals surface area contributed by atoms with Crippen LogP contribution in [0.15, 0.2) is 48.7 Å². The highest BCUT2D eigenvalue weighted by atomic mass is 16.2. The molecule has 0 saturated heterocycles. The van der Waals surface area contributed by atoms with Crippen LogP contribution in [0.4, 0.5) is 0 Å². The third-order valence-corrected chi connectivity index (χ3v) is 3.22. The minimum Gasteiger partial charge on any atom is -0.298 e. The van der Waals surface area contributed by atoms with Crippen LogP contribution in [-0.2, 0) is 11.2 Å². The Kier molecular flexibility index (Phi) is 2.52. The summed E-state index contributed by atoms with van der Waals surface area (Å²) in [4.78, 5) is 28.6. The monoisotopic (exact) mass is 237 g/mol. The first-order valence-corrected chi connectivity index (χ1v) is 5.83. The van der Waals surface area contributed by atoms with Gasteiger partial charge >= 0.3 is 0 Å². The highest BCUT2D eigenvalue weighted by Gasteiger charge is 2.35. The van der Waals surface area contributed by atoms with Gasteiger partial charge in [-0.15, -0.1) is 0 Å². The first-order chi connectivity index (χ1) is 8.77. The predicted molar refractivity (Wildman–Crippen MR) is 66.5 cm³/mol. The first kappa shape index (κ1) is 10.8. The molecule has 1 unspecified atom stereocenters. The van der Waals surface area contributed by atoms with Crippen LogP contribution in [0.3, 0.4) is 0 Å². The molecule has 1 aliphatic carbocycles. The van der Waals surface area contributed by atoms with Crippen molar-refractivity contribution in [1.82, 2.24) is 4.98 Å². The fourth-order valence-corrected chi connectivity index (χ4v) is 2.35. The van der Waals surface area contributed by atoms with Gasteiger partial charge in [0, 0.05) is 18.2 Å². The van der Waals surface area contributed by atoms with Crippen LogP contribution in [0, 0.1) is 0 Å². The van der Waals surface area contributed by atoms with Gasteiger partial charge in [-0.3, -0.25) is 14.6 Å². The lowest BCUT2D eigenvalue weighted by molar-refractivity contribution is -0.119. The number of carbonyl (C=O) groups excluding carboxylic acids is 2. The summed E-state index contributed by atoms with van der Waals surface area (Å²) in [5, 5.41) is 0. The van der Waals surface area contributed by atoms with E-state index in [0.29, 0.717) is 17.7 Å². The summed E-state index contributed by atoms with van der Waals surface area (Å²) in [6.07, 6.45) is 1.92. The molecule has 0 saturated carbocycles. The average Bonchev–Trinajstić information content (AvgIpc) is 2.40. The minimum absolute atomic E-state index is 0.0719. The zero-order valence-electron chi connectivity index (χ0n) is 9.67. The van der Waals surface area contributed by atoms with Gasteiger partial charge in [0.05, 0.1) is 5.69 Å². The first-order valence-electron chi connectivity index (χ1n) is 5.83. The fourth-order valence-electron chi connectivity index (χ4n) is 2.35. The van der Waals surface area contributed by atoms with Gasteiger partial charge in [-0.25, -0.2) is 0 Å². The summed E-state index contributed by atoms with van der Waals surface area (Å²) in [7, 11) is 0. The Balaban J connectivity index is 2.09. The van der Waals surface area contributed by atoms with Crippen LogP contribution >= 0.6 is 0 Å². The van der Waals surface area contributed by atoms with E-state index < -0.39 is 5.92 Å². The molecule has 18 heavy (non-hydrogen) atoms. The number of carbonyl (C=O) groups is 2. The Bertz CT molecular complexity index is 619. The highest BCUT2D eigenvalue weighted by Crippen LogP contribution is 2.29. The molecule has 1 aromatic heterocycles. The molecule has 0 amide bonds. The maximum Gasteiger partial charge on any atom is 0.179 e. The van der Waals surface area contributed by atoms with Crippen molar-refractivity contribution in [1.29, 1.82) is 0 Å². The molecule has 1 heterocycles. The van der Waals surface area contributed by atoms with Crippen molar-refractivity contribution in [2.24, 2.45) is 0 Å². The zero-order valence-corrected chi connectivity index (χ0v) is 9.67. The largest absolute Gasteiger partial charge is 0.298 e. The highest BCUT2D eigenvalue weighted by molar-refractivity contribution is 6.18. The van der Waals surface area contributed by atoms with Gasteiger partial charge in [0.1, 0.15) is 5.92 Å². The van der Waals surface area contributed by atoms with E-state index in [1.165, 1.54) is 0 Å². The molecule has 2 aromatic rings. The lowest BCUT2D eigenvalue weighted by atomic mass is 9.80. The lowest BCUT2D eigenvalue weighted by Gasteiger charge is -2.21. The van der Waals surface area contributed by atoms with E-state index in [2.05, 4.69) is 4.98 Å². The molecule has 0 spiro atoms. The summed E-state index contributed by atoms with van der Waals surface area (Å²) in [6, 6.07) is 12.6. The Morgan fingerprint density at radius 3 is 2.56 bits per heavy atom. The zero-order chi connectivity index (χ0) is 12.5. The molecule has 0 aliphatic heterocycles. The third kappa shape index (κ3) is 1.64. The number of pyridine rings is 1. The van der Waals surface area contributed by atoms with Crippen molar-refractivity contribution in [2.45, 2.75) is 12.3 Å². The smallest absolute Gasteiger partial charge is 0.179 e. The normalized spacial score (nSPS) is 18.6. The van der Waals surface area contributed by atoms with Crippen LogP contribution in [-0.4, -0.2) is 16.6 Å². The van der Waals surface area contributed by atoms with E-state index in [1.54, 1.807) is 30.5 Å². The van der Waals surface area contributed by atoms with Crippen LogP contribution in [0.1, 0.15) is 27.5 Å². The maximum atomic E-state index is 12.4. The Morgan fingerprint density at radius 1 is 1.00 bits per heavy atom. The van der Waals surface area contributed by atoms with E-state index in [1.807, 2.05) is 18.2 Å². The number of rotatable bonds is 1. The second kappa shape index (κ2) is 4.18. The van der Waals surface area contributed by atoms with Crippen molar-refractivity contribution in [2.75, 3.05) is 0 Å². The fraction of sp³-hybridized carbons (Fsp3) is 0.133. The molecule has 88 valence electrons. The summed E-state index contributed by atoms with van der Waals surface area (Å²) in [6.45, 7) is 0. The molecule has 1 aliphatic rings. The van der Waals surface area contributed by atoms with Crippen molar-refractivity contribution >= 4 is 11.6 Å². The topological polar surface area (TPSA) is 47.0 Å². The maximum absolute atomic E-state index is 12.4. The summed E-state index contributed by atoms with van der Waals surface area (Å²) < 4.78 is 0. The second-order valence-corrected chi connectivity index (χ2v) is 4.35. The van der Waals surface area contributed by atoms with Crippen LogP contribution in [0.5, 0.6) is 0 Å². The molecule has 1 atom stereocenters. The number of hydrogen-bond acceptors (Lipinski definition) is 3. The molecule has 3 rings (SSSR count). The van der Waals surface area contributed by atoms with E-state index in [0.717, 1.165) is 5.56 Å².